The van der Waals surface area contributed by atoms with Crippen molar-refractivity contribution in [3.63, 3.8) is 0 Å². The second-order valence-corrected chi connectivity index (χ2v) is 4.68. The van der Waals surface area contributed by atoms with Gasteiger partial charge < -0.3 is 10.7 Å². The lowest BCUT2D eigenvalue weighted by Crippen LogP contribution is -2.17. The zero-order valence-electron chi connectivity index (χ0n) is 10.7. The minimum Gasteiger partial charge on any atom is -0.323 e. The van der Waals surface area contributed by atoms with Crippen molar-refractivity contribution in [3.8, 4) is 0 Å². The van der Waals surface area contributed by atoms with Crippen LogP contribution in [0.25, 0.3) is 0 Å². The van der Waals surface area contributed by atoms with Gasteiger partial charge in [0.1, 0.15) is 5.82 Å². The number of hydrazine groups is 1. The van der Waals surface area contributed by atoms with E-state index in [1.165, 1.54) is 18.2 Å². The summed E-state index contributed by atoms with van der Waals surface area (Å²) in [7, 11) is 0. The van der Waals surface area contributed by atoms with Crippen LogP contribution in [0.5, 0.6) is 0 Å². The molecule has 0 aromatic heterocycles. The third-order valence-corrected chi connectivity index (χ3v) is 3.04. The van der Waals surface area contributed by atoms with Crippen molar-refractivity contribution < 1.29 is 9.18 Å². The van der Waals surface area contributed by atoms with Crippen molar-refractivity contribution in [2.45, 2.75) is 6.92 Å². The van der Waals surface area contributed by atoms with Crippen molar-refractivity contribution in [2.24, 2.45) is 5.84 Å². The van der Waals surface area contributed by atoms with Crippen LogP contribution in [0.2, 0.25) is 5.02 Å². The summed E-state index contributed by atoms with van der Waals surface area (Å²) in [6.45, 7) is 1.89. The molecule has 104 valence electrons. The standard InChI is InChI=1S/C14H13ClFN3O/c1-8-2-4-10(13(6-8)19-17)14(20)18-9-3-5-12(16)11(15)7-9/h2-7,19H,17H2,1H3,(H,18,20). The van der Waals surface area contributed by atoms with Gasteiger partial charge in [0.05, 0.1) is 16.3 Å². The summed E-state index contributed by atoms with van der Waals surface area (Å²) in [5.74, 6) is 4.50. The van der Waals surface area contributed by atoms with E-state index in [0.29, 0.717) is 16.9 Å². The van der Waals surface area contributed by atoms with E-state index in [0.717, 1.165) is 5.56 Å². The van der Waals surface area contributed by atoms with Crippen LogP contribution >= 0.6 is 11.6 Å². The molecule has 0 saturated heterocycles. The molecule has 0 fully saturated rings. The summed E-state index contributed by atoms with van der Waals surface area (Å²) in [6.07, 6.45) is 0. The first-order valence-corrected chi connectivity index (χ1v) is 6.22. The van der Waals surface area contributed by atoms with Crippen LogP contribution in [0.1, 0.15) is 15.9 Å². The highest BCUT2D eigenvalue weighted by Gasteiger charge is 2.12. The fourth-order valence-electron chi connectivity index (χ4n) is 1.75. The molecular formula is C14H13ClFN3O. The van der Waals surface area contributed by atoms with Crippen LogP contribution < -0.4 is 16.6 Å². The molecule has 0 bridgehead atoms. The molecule has 0 aliphatic rings. The average molecular weight is 294 g/mol. The lowest BCUT2D eigenvalue weighted by atomic mass is 10.1. The Balaban J connectivity index is 2.25. The Hall–Kier alpha value is -2.11. The van der Waals surface area contributed by atoms with E-state index in [1.54, 1.807) is 18.2 Å². The van der Waals surface area contributed by atoms with E-state index in [9.17, 15) is 9.18 Å². The van der Waals surface area contributed by atoms with Gasteiger partial charge in [0.2, 0.25) is 0 Å². The SMILES string of the molecule is Cc1ccc(C(=O)Nc2ccc(F)c(Cl)c2)c(NN)c1. The van der Waals surface area contributed by atoms with Gasteiger partial charge in [-0.25, -0.2) is 4.39 Å². The van der Waals surface area contributed by atoms with Crippen molar-refractivity contribution in [2.75, 3.05) is 10.7 Å². The number of amides is 1. The maximum absolute atomic E-state index is 13.1. The van der Waals surface area contributed by atoms with Gasteiger partial charge in [-0.05, 0) is 42.8 Å². The van der Waals surface area contributed by atoms with E-state index < -0.39 is 5.82 Å². The molecule has 2 aromatic carbocycles. The number of benzene rings is 2. The lowest BCUT2D eigenvalue weighted by molar-refractivity contribution is 0.102. The smallest absolute Gasteiger partial charge is 0.257 e. The summed E-state index contributed by atoms with van der Waals surface area (Å²) in [6, 6.07) is 9.18. The molecule has 0 unspecified atom stereocenters. The summed E-state index contributed by atoms with van der Waals surface area (Å²) in [4.78, 5) is 12.2. The number of nitrogens with one attached hydrogen (secondary N) is 2. The maximum Gasteiger partial charge on any atom is 0.257 e. The quantitative estimate of drug-likeness (QED) is 0.601. The van der Waals surface area contributed by atoms with Crippen molar-refractivity contribution in [1.82, 2.24) is 0 Å². The predicted octanol–water partition coefficient (Wildman–Crippen LogP) is 3.33. The third kappa shape index (κ3) is 3.07. The van der Waals surface area contributed by atoms with Gasteiger partial charge in [-0.15, -0.1) is 0 Å². The first-order chi connectivity index (χ1) is 9.51. The molecule has 0 atom stereocenters. The lowest BCUT2D eigenvalue weighted by Gasteiger charge is -2.11. The molecule has 0 heterocycles. The molecule has 1 amide bonds. The number of anilines is 2. The Morgan fingerprint density at radius 2 is 2.00 bits per heavy atom. The molecule has 2 aromatic rings. The monoisotopic (exact) mass is 293 g/mol. The van der Waals surface area contributed by atoms with Gasteiger partial charge in [-0.2, -0.15) is 0 Å². The normalized spacial score (nSPS) is 10.2. The topological polar surface area (TPSA) is 67.2 Å². The molecule has 0 radical (unpaired) electrons. The average Bonchev–Trinajstić information content (AvgIpc) is 2.42. The molecule has 0 saturated carbocycles. The minimum atomic E-state index is -0.538. The zero-order valence-corrected chi connectivity index (χ0v) is 11.5. The van der Waals surface area contributed by atoms with Gasteiger partial charge in [0.15, 0.2) is 0 Å². The molecule has 0 aliphatic heterocycles. The van der Waals surface area contributed by atoms with E-state index >= 15 is 0 Å². The van der Waals surface area contributed by atoms with Gasteiger partial charge in [-0.3, -0.25) is 10.6 Å². The zero-order chi connectivity index (χ0) is 14.7. The van der Waals surface area contributed by atoms with Crippen LogP contribution in [0.3, 0.4) is 0 Å². The van der Waals surface area contributed by atoms with Crippen LogP contribution in [0, 0.1) is 12.7 Å². The number of rotatable bonds is 3. The Labute approximate surface area is 120 Å². The second kappa shape index (κ2) is 5.90. The highest BCUT2D eigenvalue weighted by molar-refractivity contribution is 6.31. The predicted molar refractivity (Wildman–Crippen MR) is 78.4 cm³/mol. The van der Waals surface area contributed by atoms with E-state index in [4.69, 9.17) is 17.4 Å². The van der Waals surface area contributed by atoms with Gasteiger partial charge in [0.25, 0.3) is 5.91 Å². The highest BCUT2D eigenvalue weighted by Crippen LogP contribution is 2.22. The highest BCUT2D eigenvalue weighted by atomic mass is 35.5. The fourth-order valence-corrected chi connectivity index (χ4v) is 1.93. The Bertz CT molecular complexity index is 661. The number of carbonyl (C=O) groups is 1. The number of nitrogens with two attached hydrogens (primary N) is 1. The molecule has 0 spiro atoms. The summed E-state index contributed by atoms with van der Waals surface area (Å²) in [5.41, 5.74) is 4.75. The number of carbonyl (C=O) groups excluding carboxylic acids is 1. The van der Waals surface area contributed by atoms with Gasteiger partial charge in [-0.1, -0.05) is 17.7 Å². The summed E-state index contributed by atoms with van der Waals surface area (Å²) < 4.78 is 13.1. The fraction of sp³-hybridized carbons (Fsp3) is 0.0714. The van der Waals surface area contributed by atoms with Crippen LogP contribution in [-0.2, 0) is 0 Å². The molecule has 2 rings (SSSR count). The van der Waals surface area contributed by atoms with Gasteiger partial charge >= 0.3 is 0 Å². The first-order valence-electron chi connectivity index (χ1n) is 5.85. The van der Waals surface area contributed by atoms with E-state index in [2.05, 4.69) is 10.7 Å². The summed E-state index contributed by atoms with van der Waals surface area (Å²) in [5, 5.41) is 2.58. The third-order valence-electron chi connectivity index (χ3n) is 2.75. The Morgan fingerprint density at radius 1 is 1.25 bits per heavy atom. The van der Waals surface area contributed by atoms with Crippen LogP contribution in [-0.4, -0.2) is 5.91 Å². The minimum absolute atomic E-state index is 0.0520. The Morgan fingerprint density at radius 3 is 2.65 bits per heavy atom. The van der Waals surface area contributed by atoms with Crippen molar-refractivity contribution in [3.05, 3.63) is 58.4 Å². The van der Waals surface area contributed by atoms with Crippen LogP contribution in [0.4, 0.5) is 15.8 Å². The van der Waals surface area contributed by atoms with E-state index in [-0.39, 0.29) is 10.9 Å². The molecule has 4 nitrogen and oxygen atoms in total. The maximum atomic E-state index is 13.1. The number of nitrogen functional groups attached to an aromatic ring is 1. The largest absolute Gasteiger partial charge is 0.323 e. The molecular weight excluding hydrogens is 281 g/mol. The Kier molecular flexibility index (Phi) is 4.22. The number of halogens is 2. The number of hydrogen-bond acceptors (Lipinski definition) is 3. The van der Waals surface area contributed by atoms with Crippen molar-refractivity contribution in [1.29, 1.82) is 0 Å². The van der Waals surface area contributed by atoms with Crippen LogP contribution in [0.15, 0.2) is 36.4 Å². The van der Waals surface area contributed by atoms with Crippen molar-refractivity contribution >= 4 is 28.9 Å². The van der Waals surface area contributed by atoms with Gasteiger partial charge in [0, 0.05) is 5.69 Å². The first kappa shape index (κ1) is 14.3. The molecule has 20 heavy (non-hydrogen) atoms. The second-order valence-electron chi connectivity index (χ2n) is 4.28. The van der Waals surface area contributed by atoms with E-state index in [1.807, 2.05) is 6.92 Å². The number of aryl methyl sites for hydroxylation is 1. The molecule has 0 aliphatic carbocycles. The number of hydrogen-bond donors (Lipinski definition) is 3. The molecule has 6 heteroatoms. The summed E-state index contributed by atoms with van der Waals surface area (Å²) >= 11 is 5.66. The molecule has 4 N–H and O–H groups in total.